The van der Waals surface area contributed by atoms with E-state index in [0.717, 1.165) is 37.1 Å². The minimum atomic E-state index is -0.0717. The van der Waals surface area contributed by atoms with Gasteiger partial charge in [0, 0.05) is 30.3 Å². The van der Waals surface area contributed by atoms with Gasteiger partial charge >= 0.3 is 0 Å². The van der Waals surface area contributed by atoms with Crippen LogP contribution in [0.25, 0.3) is 0 Å². The summed E-state index contributed by atoms with van der Waals surface area (Å²) in [5, 5.41) is 7.14. The Hall–Kier alpha value is -2.17. The van der Waals surface area contributed by atoms with Gasteiger partial charge in [-0.05, 0) is 37.3 Å². The van der Waals surface area contributed by atoms with E-state index in [1.165, 1.54) is 24.7 Å². The smallest absolute Gasteiger partial charge is 0.256 e. The van der Waals surface area contributed by atoms with Crippen LogP contribution >= 0.6 is 0 Å². The van der Waals surface area contributed by atoms with Crippen molar-refractivity contribution in [3.05, 3.63) is 47.1 Å². The van der Waals surface area contributed by atoms with Gasteiger partial charge in [0.1, 0.15) is 11.8 Å². The molecule has 1 atom stereocenters. The van der Waals surface area contributed by atoms with E-state index in [0.29, 0.717) is 23.9 Å². The van der Waals surface area contributed by atoms with Gasteiger partial charge in [0.2, 0.25) is 0 Å². The number of hydrogen-bond donors (Lipinski definition) is 1. The zero-order valence-corrected chi connectivity index (χ0v) is 13.1. The fourth-order valence-corrected chi connectivity index (χ4v) is 3.92. The Morgan fingerprint density at radius 1 is 1.26 bits per heavy atom. The number of nitrogens with zero attached hydrogens (tertiary/aromatic N) is 2. The lowest BCUT2D eigenvalue weighted by Crippen LogP contribution is -2.28. The van der Waals surface area contributed by atoms with Crippen LogP contribution in [0.1, 0.15) is 71.2 Å². The maximum Gasteiger partial charge on any atom is 0.256 e. The molecule has 5 nitrogen and oxygen atoms in total. The van der Waals surface area contributed by atoms with Gasteiger partial charge in [0.05, 0.1) is 5.69 Å². The van der Waals surface area contributed by atoms with E-state index in [-0.39, 0.29) is 5.91 Å². The van der Waals surface area contributed by atoms with Crippen LogP contribution in [0.5, 0.6) is 0 Å². The predicted octanol–water partition coefficient (Wildman–Crippen LogP) is 3.19. The Balaban J connectivity index is 1.42. The highest BCUT2D eigenvalue weighted by Crippen LogP contribution is 2.35. The van der Waals surface area contributed by atoms with E-state index in [4.69, 9.17) is 4.52 Å². The summed E-state index contributed by atoms with van der Waals surface area (Å²) in [6, 6.07) is 4.10. The molecular formula is C18H21N3O2. The predicted molar refractivity (Wildman–Crippen MR) is 85.3 cm³/mol. The second kappa shape index (κ2) is 6.14. The molecule has 0 aliphatic heterocycles. The maximum absolute atomic E-state index is 12.5. The van der Waals surface area contributed by atoms with Crippen molar-refractivity contribution < 1.29 is 9.32 Å². The first-order valence-electron chi connectivity index (χ1n) is 8.49. The fourth-order valence-electron chi connectivity index (χ4n) is 3.92. The normalized spacial score (nSPS) is 20.6. The zero-order valence-electron chi connectivity index (χ0n) is 13.1. The summed E-state index contributed by atoms with van der Waals surface area (Å²) in [5.41, 5.74) is 3.89. The van der Waals surface area contributed by atoms with Gasteiger partial charge < -0.3 is 9.84 Å². The number of nitrogens with one attached hydrogen (secondary N) is 1. The van der Waals surface area contributed by atoms with Gasteiger partial charge in [-0.25, -0.2) is 0 Å². The van der Waals surface area contributed by atoms with Crippen LogP contribution in [0.15, 0.2) is 29.1 Å². The van der Waals surface area contributed by atoms with Crippen LogP contribution in [0, 0.1) is 0 Å². The van der Waals surface area contributed by atoms with E-state index in [1.807, 2.05) is 12.3 Å². The highest BCUT2D eigenvalue weighted by atomic mass is 16.5. The van der Waals surface area contributed by atoms with Crippen molar-refractivity contribution in [2.75, 3.05) is 6.54 Å². The minimum absolute atomic E-state index is 0.0717. The Labute approximate surface area is 135 Å². The Kier molecular flexibility index (Phi) is 3.85. The summed E-state index contributed by atoms with van der Waals surface area (Å²) in [6.45, 7) is 0.623. The molecule has 2 aromatic rings. The molecule has 1 saturated carbocycles. The summed E-state index contributed by atoms with van der Waals surface area (Å²) >= 11 is 0. The lowest BCUT2D eigenvalue weighted by Gasteiger charge is -2.12. The number of fused-ring (bicyclic) bond motifs is 1. The summed E-state index contributed by atoms with van der Waals surface area (Å²) in [4.78, 5) is 17.0. The van der Waals surface area contributed by atoms with Gasteiger partial charge in [0.25, 0.3) is 5.91 Å². The van der Waals surface area contributed by atoms with Crippen molar-refractivity contribution in [3.8, 4) is 0 Å². The summed E-state index contributed by atoms with van der Waals surface area (Å²) < 4.78 is 5.08. The second-order valence-corrected chi connectivity index (χ2v) is 6.59. The molecule has 0 saturated heterocycles. The highest BCUT2D eigenvalue weighted by Gasteiger charge is 2.28. The summed E-state index contributed by atoms with van der Waals surface area (Å²) in [6.07, 6.45) is 10.0. The number of pyridine rings is 1. The molecule has 0 spiro atoms. The van der Waals surface area contributed by atoms with E-state index < -0.39 is 0 Å². The molecule has 5 heteroatoms. The van der Waals surface area contributed by atoms with Crippen molar-refractivity contribution in [3.63, 3.8) is 0 Å². The molecule has 120 valence electrons. The van der Waals surface area contributed by atoms with E-state index in [9.17, 15) is 4.79 Å². The number of hydrogen-bond acceptors (Lipinski definition) is 4. The molecule has 23 heavy (non-hydrogen) atoms. The van der Waals surface area contributed by atoms with Crippen molar-refractivity contribution in [2.24, 2.45) is 0 Å². The Bertz CT molecular complexity index is 704. The third kappa shape index (κ3) is 2.76. The van der Waals surface area contributed by atoms with Gasteiger partial charge in [-0.2, -0.15) is 0 Å². The number of aryl methyl sites for hydroxylation is 1. The molecule has 2 aliphatic rings. The molecule has 0 bridgehead atoms. The average Bonchev–Trinajstić information content (AvgIpc) is 3.31. The van der Waals surface area contributed by atoms with Gasteiger partial charge in [-0.3, -0.25) is 9.78 Å². The lowest BCUT2D eigenvalue weighted by atomic mass is 10.00. The molecule has 2 aliphatic carbocycles. The minimum Gasteiger partial charge on any atom is -0.364 e. The number of rotatable bonds is 4. The molecule has 2 heterocycles. The van der Waals surface area contributed by atoms with Crippen LogP contribution < -0.4 is 5.32 Å². The first-order valence-corrected chi connectivity index (χ1v) is 8.49. The Morgan fingerprint density at radius 3 is 3.00 bits per heavy atom. The zero-order chi connectivity index (χ0) is 15.6. The van der Waals surface area contributed by atoms with E-state index >= 15 is 0 Å². The van der Waals surface area contributed by atoms with Crippen molar-refractivity contribution in [1.29, 1.82) is 0 Å². The van der Waals surface area contributed by atoms with Crippen molar-refractivity contribution in [1.82, 2.24) is 15.5 Å². The van der Waals surface area contributed by atoms with Crippen LogP contribution in [0.4, 0.5) is 0 Å². The highest BCUT2D eigenvalue weighted by molar-refractivity contribution is 5.95. The van der Waals surface area contributed by atoms with Gasteiger partial charge in [-0.15, -0.1) is 0 Å². The second-order valence-electron chi connectivity index (χ2n) is 6.59. The third-order valence-corrected chi connectivity index (χ3v) is 5.17. The number of aromatic nitrogens is 2. The average molecular weight is 311 g/mol. The molecule has 0 radical (unpaired) electrons. The van der Waals surface area contributed by atoms with Crippen molar-refractivity contribution >= 4 is 5.91 Å². The molecule has 0 aromatic carbocycles. The van der Waals surface area contributed by atoms with Crippen LogP contribution in [0.2, 0.25) is 0 Å². The third-order valence-electron chi connectivity index (χ3n) is 5.17. The summed E-state index contributed by atoms with van der Waals surface area (Å²) in [5.74, 6) is 0.617. The topological polar surface area (TPSA) is 68.0 Å². The number of amides is 1. The maximum atomic E-state index is 12.5. The first-order chi connectivity index (χ1) is 11.3. The van der Waals surface area contributed by atoms with Crippen LogP contribution in [-0.4, -0.2) is 22.6 Å². The standard InChI is InChI=1S/C18H21N3O2/c22-18(15-11-23-21-17(15)12-4-1-2-5-12)20-10-14-8-7-13-6-3-9-19-16(13)14/h3,6,9,11-12,14H,1-2,4-5,7-8,10H2,(H,20,22). The van der Waals surface area contributed by atoms with Crippen molar-refractivity contribution in [2.45, 2.75) is 50.4 Å². The first kappa shape index (κ1) is 14.4. The monoisotopic (exact) mass is 311 g/mol. The van der Waals surface area contributed by atoms with Gasteiger partial charge in [0.15, 0.2) is 0 Å². The molecule has 4 rings (SSSR count). The number of carbonyl (C=O) groups is 1. The number of carbonyl (C=O) groups excluding carboxylic acids is 1. The molecule has 1 N–H and O–H groups in total. The molecule has 1 amide bonds. The van der Waals surface area contributed by atoms with Gasteiger partial charge in [-0.1, -0.05) is 24.1 Å². The largest absolute Gasteiger partial charge is 0.364 e. The van der Waals surface area contributed by atoms with Crippen LogP contribution in [0.3, 0.4) is 0 Å². The van der Waals surface area contributed by atoms with E-state index in [1.54, 1.807) is 0 Å². The van der Waals surface area contributed by atoms with Crippen LogP contribution in [-0.2, 0) is 6.42 Å². The molecule has 2 aromatic heterocycles. The quantitative estimate of drug-likeness (QED) is 0.941. The molecule has 1 unspecified atom stereocenters. The molecular weight excluding hydrogens is 290 g/mol. The lowest BCUT2D eigenvalue weighted by molar-refractivity contribution is 0.0949. The Morgan fingerprint density at radius 2 is 2.13 bits per heavy atom. The molecule has 1 fully saturated rings. The SMILES string of the molecule is O=C(NCC1CCc2cccnc21)c1conc1C1CCCC1. The summed E-state index contributed by atoms with van der Waals surface area (Å²) in [7, 11) is 0. The fraction of sp³-hybridized carbons (Fsp3) is 0.500. The van der Waals surface area contributed by atoms with E-state index in [2.05, 4.69) is 21.5 Å².